The van der Waals surface area contributed by atoms with Gasteiger partial charge in [0.05, 0.1) is 17.1 Å². The van der Waals surface area contributed by atoms with Gasteiger partial charge in [-0.1, -0.05) is 27.7 Å². The molecule has 3 aromatic rings. The van der Waals surface area contributed by atoms with E-state index in [9.17, 15) is 0 Å². The number of hydrogen-bond acceptors (Lipinski definition) is 7. The van der Waals surface area contributed by atoms with E-state index in [-0.39, 0.29) is 10.5 Å². The summed E-state index contributed by atoms with van der Waals surface area (Å²) in [5, 5.41) is 15.0. The standard InChI is InChI=1S/C27H41N7OSi/c1-18(2)34-13-11-23(33-34)32-25-29-12-10-21(31-25)19-14-20-24(22(15-19)28-7)30-16-27(20,6)17-35-36(8,9)26(3,4)5/h10-15,18,28,30H,16-17H2,1-9H3,(H,29,31,32,33). The summed E-state index contributed by atoms with van der Waals surface area (Å²) in [5.41, 5.74) is 5.22. The molecule has 1 aliphatic heterocycles. The van der Waals surface area contributed by atoms with Crippen molar-refractivity contribution in [3.63, 3.8) is 0 Å². The van der Waals surface area contributed by atoms with Crippen molar-refractivity contribution in [1.82, 2.24) is 19.7 Å². The molecule has 0 saturated heterocycles. The molecule has 0 spiro atoms. The highest BCUT2D eigenvalue weighted by atomic mass is 28.4. The Balaban J connectivity index is 1.64. The first-order chi connectivity index (χ1) is 16.8. The molecular formula is C27H41N7OSi. The number of rotatable bonds is 8. The molecule has 1 unspecified atom stereocenters. The van der Waals surface area contributed by atoms with Gasteiger partial charge >= 0.3 is 0 Å². The van der Waals surface area contributed by atoms with Crippen molar-refractivity contribution in [3.8, 4) is 11.3 Å². The van der Waals surface area contributed by atoms with Gasteiger partial charge in [0, 0.05) is 55.7 Å². The van der Waals surface area contributed by atoms with Crippen LogP contribution in [0.5, 0.6) is 0 Å². The van der Waals surface area contributed by atoms with Crippen LogP contribution in [0, 0.1) is 0 Å². The Hall–Kier alpha value is -2.91. The van der Waals surface area contributed by atoms with Crippen molar-refractivity contribution in [3.05, 3.63) is 42.2 Å². The molecule has 0 bridgehead atoms. The topological polar surface area (TPSA) is 88.9 Å². The monoisotopic (exact) mass is 507 g/mol. The van der Waals surface area contributed by atoms with Gasteiger partial charge < -0.3 is 20.4 Å². The zero-order chi connectivity index (χ0) is 26.3. The maximum absolute atomic E-state index is 6.69. The molecule has 1 aliphatic rings. The van der Waals surface area contributed by atoms with Crippen molar-refractivity contribution in [2.45, 2.75) is 71.1 Å². The molecule has 0 fully saturated rings. The van der Waals surface area contributed by atoms with Gasteiger partial charge in [0.2, 0.25) is 5.95 Å². The molecule has 0 radical (unpaired) electrons. The molecule has 3 heterocycles. The van der Waals surface area contributed by atoms with Gasteiger partial charge in [0.15, 0.2) is 14.1 Å². The van der Waals surface area contributed by atoms with Gasteiger partial charge in [-0.15, -0.1) is 0 Å². The Bertz CT molecular complexity index is 1230. The summed E-state index contributed by atoms with van der Waals surface area (Å²) >= 11 is 0. The molecule has 2 aromatic heterocycles. The lowest BCUT2D eigenvalue weighted by Crippen LogP contribution is -2.45. The molecule has 9 heteroatoms. The minimum Gasteiger partial charge on any atom is -0.416 e. The third-order valence-corrected chi connectivity index (χ3v) is 12.1. The molecule has 4 rings (SSSR count). The first kappa shape index (κ1) is 26.2. The summed E-state index contributed by atoms with van der Waals surface area (Å²) in [6.45, 7) is 19.5. The van der Waals surface area contributed by atoms with E-state index in [4.69, 9.17) is 9.41 Å². The summed E-state index contributed by atoms with van der Waals surface area (Å²) < 4.78 is 8.60. The smallest absolute Gasteiger partial charge is 0.228 e. The second-order valence-electron chi connectivity index (χ2n) is 11.8. The van der Waals surface area contributed by atoms with Crippen LogP contribution in [0.1, 0.15) is 53.1 Å². The molecule has 194 valence electrons. The highest BCUT2D eigenvalue weighted by molar-refractivity contribution is 6.74. The van der Waals surface area contributed by atoms with Crippen molar-refractivity contribution < 1.29 is 4.43 Å². The number of hydrogen-bond donors (Lipinski definition) is 3. The minimum atomic E-state index is -1.87. The lowest BCUT2D eigenvalue weighted by Gasteiger charge is -2.39. The van der Waals surface area contributed by atoms with Gasteiger partial charge in [-0.2, -0.15) is 5.10 Å². The molecule has 3 N–H and O–H groups in total. The summed E-state index contributed by atoms with van der Waals surface area (Å²) in [5.74, 6) is 1.25. The van der Waals surface area contributed by atoms with Crippen LogP contribution >= 0.6 is 0 Å². The fourth-order valence-corrected chi connectivity index (χ4v) is 5.22. The SMILES string of the molecule is CNc1cc(-c2ccnc(Nc3ccn(C(C)C)n3)n2)cc2c1NCC2(C)CO[Si](C)(C)C(C)(C)C. The third-order valence-electron chi connectivity index (χ3n) is 7.60. The van der Waals surface area contributed by atoms with E-state index in [0.717, 1.165) is 35.0 Å². The summed E-state index contributed by atoms with van der Waals surface area (Å²) in [6.07, 6.45) is 3.74. The van der Waals surface area contributed by atoms with Crippen LogP contribution < -0.4 is 16.0 Å². The number of nitrogens with one attached hydrogen (secondary N) is 3. The molecule has 1 atom stereocenters. The van der Waals surface area contributed by atoms with E-state index in [1.807, 2.05) is 30.1 Å². The quantitative estimate of drug-likeness (QED) is 0.304. The molecule has 8 nitrogen and oxygen atoms in total. The predicted molar refractivity (Wildman–Crippen MR) is 152 cm³/mol. The lowest BCUT2D eigenvalue weighted by molar-refractivity contribution is 0.220. The Kier molecular flexibility index (Phi) is 6.91. The molecular weight excluding hydrogens is 466 g/mol. The average molecular weight is 508 g/mol. The van der Waals surface area contributed by atoms with Crippen LogP contribution in [-0.2, 0) is 9.84 Å². The van der Waals surface area contributed by atoms with Crippen LogP contribution in [0.25, 0.3) is 11.3 Å². The molecule has 0 saturated carbocycles. The second kappa shape index (κ2) is 9.52. The van der Waals surface area contributed by atoms with Gasteiger partial charge in [-0.05, 0) is 55.7 Å². The fourth-order valence-electron chi connectivity index (χ4n) is 4.10. The van der Waals surface area contributed by atoms with Crippen molar-refractivity contribution >= 4 is 31.5 Å². The van der Waals surface area contributed by atoms with Crippen LogP contribution in [0.4, 0.5) is 23.1 Å². The van der Waals surface area contributed by atoms with Crippen molar-refractivity contribution in [2.24, 2.45) is 0 Å². The maximum atomic E-state index is 6.69. The lowest BCUT2D eigenvalue weighted by atomic mass is 9.84. The fraction of sp³-hybridized carbons (Fsp3) is 0.519. The van der Waals surface area contributed by atoms with Crippen molar-refractivity contribution in [1.29, 1.82) is 0 Å². The number of anilines is 4. The Labute approximate surface area is 216 Å². The van der Waals surface area contributed by atoms with E-state index in [1.165, 1.54) is 5.56 Å². The van der Waals surface area contributed by atoms with E-state index in [0.29, 0.717) is 18.6 Å². The van der Waals surface area contributed by atoms with Crippen LogP contribution in [0.3, 0.4) is 0 Å². The Morgan fingerprint density at radius 2 is 1.97 bits per heavy atom. The molecule has 36 heavy (non-hydrogen) atoms. The molecule has 0 aliphatic carbocycles. The number of fused-ring (bicyclic) bond motifs is 1. The van der Waals surface area contributed by atoms with E-state index >= 15 is 0 Å². The third kappa shape index (κ3) is 5.13. The zero-order valence-electron chi connectivity index (χ0n) is 23.2. The van der Waals surface area contributed by atoms with Crippen LogP contribution in [0.15, 0.2) is 36.7 Å². The van der Waals surface area contributed by atoms with E-state index in [1.54, 1.807) is 6.20 Å². The molecule has 0 amide bonds. The number of aromatic nitrogens is 4. The van der Waals surface area contributed by atoms with E-state index < -0.39 is 8.32 Å². The van der Waals surface area contributed by atoms with Crippen LogP contribution in [-0.4, -0.2) is 48.3 Å². The van der Waals surface area contributed by atoms with Gasteiger partial charge in [0.25, 0.3) is 0 Å². The zero-order valence-corrected chi connectivity index (χ0v) is 24.2. The minimum absolute atomic E-state index is 0.135. The van der Waals surface area contributed by atoms with Gasteiger partial charge in [0.1, 0.15) is 0 Å². The number of nitrogens with zero attached hydrogens (tertiary/aromatic N) is 4. The summed E-state index contributed by atoms with van der Waals surface area (Å²) in [6, 6.07) is 8.58. The average Bonchev–Trinajstić information content (AvgIpc) is 3.42. The van der Waals surface area contributed by atoms with Crippen LogP contribution in [0.2, 0.25) is 18.1 Å². The maximum Gasteiger partial charge on any atom is 0.228 e. The summed E-state index contributed by atoms with van der Waals surface area (Å²) in [7, 11) is 0.0890. The predicted octanol–water partition coefficient (Wildman–Crippen LogP) is 6.41. The van der Waals surface area contributed by atoms with Gasteiger partial charge in [-0.3, -0.25) is 4.68 Å². The normalized spacial score (nSPS) is 17.7. The largest absolute Gasteiger partial charge is 0.416 e. The first-order valence-corrected chi connectivity index (χ1v) is 15.6. The van der Waals surface area contributed by atoms with Crippen molar-refractivity contribution in [2.75, 3.05) is 36.1 Å². The highest BCUT2D eigenvalue weighted by Crippen LogP contribution is 2.45. The summed E-state index contributed by atoms with van der Waals surface area (Å²) in [4.78, 5) is 9.24. The first-order valence-electron chi connectivity index (χ1n) is 12.7. The molecule has 1 aromatic carbocycles. The highest BCUT2D eigenvalue weighted by Gasteiger charge is 2.42. The Morgan fingerprint density at radius 1 is 1.22 bits per heavy atom. The van der Waals surface area contributed by atoms with E-state index in [2.05, 4.69) is 92.8 Å². The number of benzene rings is 1. The Morgan fingerprint density at radius 3 is 2.61 bits per heavy atom. The second-order valence-corrected chi connectivity index (χ2v) is 16.6. The van der Waals surface area contributed by atoms with Gasteiger partial charge in [-0.25, -0.2) is 9.97 Å².